The summed E-state index contributed by atoms with van der Waals surface area (Å²) in [6.45, 7) is 6.09. The number of ether oxygens (including phenoxy) is 2. The van der Waals surface area contributed by atoms with Crippen LogP contribution in [0.5, 0.6) is 0 Å². The minimum absolute atomic E-state index is 0.0425. The molecule has 0 atom stereocenters. The molecule has 4 nitrogen and oxygen atoms in total. The van der Waals surface area contributed by atoms with E-state index in [4.69, 9.17) is 9.47 Å². The van der Waals surface area contributed by atoms with Gasteiger partial charge in [-0.1, -0.05) is 90.4 Å². The van der Waals surface area contributed by atoms with E-state index in [-0.39, 0.29) is 23.1 Å². The normalized spacial score (nSPS) is 14.6. The number of hydrogen-bond acceptors (Lipinski definition) is 5. The molecule has 178 valence electrons. The molecule has 5 heteroatoms. The lowest BCUT2D eigenvalue weighted by molar-refractivity contribution is -0.121. The Labute approximate surface area is 194 Å². The van der Waals surface area contributed by atoms with Crippen molar-refractivity contribution in [2.75, 3.05) is 19.5 Å². The second-order valence-electron chi connectivity index (χ2n) is 8.35. The molecular weight excluding hydrogens is 408 g/mol. The van der Waals surface area contributed by atoms with Crippen molar-refractivity contribution in [2.24, 2.45) is 0 Å². The van der Waals surface area contributed by atoms with Gasteiger partial charge >= 0.3 is 0 Å². The Morgan fingerprint density at radius 1 is 0.677 bits per heavy atom. The fourth-order valence-electron chi connectivity index (χ4n) is 3.86. The van der Waals surface area contributed by atoms with Crippen LogP contribution in [0.25, 0.3) is 0 Å². The van der Waals surface area contributed by atoms with E-state index in [1.54, 1.807) is 13.8 Å². The number of unbranched alkanes of at least 4 members (excludes halogenated alkanes) is 13. The lowest BCUT2D eigenvalue weighted by Gasteiger charge is -2.20. The molecule has 0 spiro atoms. The van der Waals surface area contributed by atoms with Gasteiger partial charge < -0.3 is 9.47 Å². The number of carbonyl (C=O) groups is 2. The van der Waals surface area contributed by atoms with Crippen LogP contribution < -0.4 is 0 Å². The molecule has 0 radical (unpaired) electrons. The highest BCUT2D eigenvalue weighted by Gasteiger charge is 2.35. The third kappa shape index (κ3) is 10.3. The Kier molecular flexibility index (Phi) is 15.6. The molecular formula is C26H44O4S. The van der Waals surface area contributed by atoms with E-state index in [0.29, 0.717) is 17.1 Å². The summed E-state index contributed by atoms with van der Waals surface area (Å²) >= 11 is 1.48. The monoisotopic (exact) mass is 452 g/mol. The zero-order valence-electron chi connectivity index (χ0n) is 20.4. The Hall–Kier alpha value is -1.23. The molecule has 0 fully saturated rings. The van der Waals surface area contributed by atoms with Gasteiger partial charge in [-0.25, -0.2) is 0 Å². The predicted octanol–water partition coefficient (Wildman–Crippen LogP) is 7.52. The van der Waals surface area contributed by atoms with Crippen LogP contribution >= 0.6 is 11.8 Å². The number of hydrogen-bond donors (Lipinski definition) is 0. The molecule has 0 amide bonds. The van der Waals surface area contributed by atoms with Gasteiger partial charge in [0.25, 0.3) is 0 Å². The summed E-state index contributed by atoms with van der Waals surface area (Å²) in [7, 11) is 1.41. The highest BCUT2D eigenvalue weighted by Crippen LogP contribution is 2.33. The molecule has 0 N–H and O–H groups in total. The molecule has 31 heavy (non-hydrogen) atoms. The highest BCUT2D eigenvalue weighted by atomic mass is 32.2. The number of allylic oxidation sites excluding steroid dienone is 2. The summed E-state index contributed by atoms with van der Waals surface area (Å²) in [5, 5.41) is 0. The average molecular weight is 453 g/mol. The molecule has 0 aromatic heterocycles. The Bertz CT molecular complexity index is 607. The Morgan fingerprint density at radius 2 is 1.16 bits per heavy atom. The zero-order chi connectivity index (χ0) is 22.9. The molecule has 0 saturated heterocycles. The van der Waals surface area contributed by atoms with Gasteiger partial charge in [0.1, 0.15) is 0 Å². The van der Waals surface area contributed by atoms with Gasteiger partial charge in [0.15, 0.2) is 0 Å². The molecule has 0 unspecified atom stereocenters. The molecule has 0 saturated carbocycles. The molecule has 0 aliphatic heterocycles. The number of thioether (sulfide) groups is 1. The van der Waals surface area contributed by atoms with Gasteiger partial charge in [0, 0.05) is 5.57 Å². The smallest absolute Gasteiger partial charge is 0.238 e. The van der Waals surface area contributed by atoms with E-state index in [1.807, 2.05) is 0 Å². The minimum Gasteiger partial charge on any atom is -0.489 e. The minimum atomic E-state index is -0.234. The maximum atomic E-state index is 12.7. The van der Waals surface area contributed by atoms with Crippen LogP contribution in [0.4, 0.5) is 0 Å². The standard InChI is InChI=1S/C26H44O4S/c1-5-7-8-9-10-11-12-13-14-15-16-17-18-19-20-31-26-21(3)22(27)25(30-6-2)24(29-4)23(26)28/h5-20H2,1-4H3. The second-order valence-corrected chi connectivity index (χ2v) is 9.46. The first-order valence-corrected chi connectivity index (χ1v) is 13.4. The molecule has 0 bridgehead atoms. The largest absolute Gasteiger partial charge is 0.489 e. The van der Waals surface area contributed by atoms with Crippen molar-refractivity contribution < 1.29 is 19.1 Å². The van der Waals surface area contributed by atoms with Gasteiger partial charge in [0.2, 0.25) is 23.1 Å². The molecule has 1 aliphatic carbocycles. The van der Waals surface area contributed by atoms with Crippen molar-refractivity contribution in [3.05, 3.63) is 22.0 Å². The second kappa shape index (κ2) is 17.3. The van der Waals surface area contributed by atoms with Crippen LogP contribution in [0.1, 0.15) is 111 Å². The highest BCUT2D eigenvalue weighted by molar-refractivity contribution is 8.04. The van der Waals surface area contributed by atoms with Gasteiger partial charge in [0.05, 0.1) is 18.6 Å². The van der Waals surface area contributed by atoms with E-state index in [1.165, 1.54) is 102 Å². The fraction of sp³-hybridized carbons (Fsp3) is 0.769. The van der Waals surface area contributed by atoms with E-state index < -0.39 is 0 Å². The SMILES string of the molecule is CCCCCCCCCCCCCCCCSC1=C(C)C(=O)C(OCC)=C(OC)C1=O. The van der Waals surface area contributed by atoms with Crippen LogP contribution in [-0.4, -0.2) is 31.0 Å². The van der Waals surface area contributed by atoms with Gasteiger partial charge in [-0.05, 0) is 26.0 Å². The molecule has 1 rings (SSSR count). The number of ketones is 2. The topological polar surface area (TPSA) is 52.6 Å². The van der Waals surface area contributed by atoms with E-state index in [2.05, 4.69) is 6.92 Å². The van der Waals surface area contributed by atoms with Crippen LogP contribution in [0.3, 0.4) is 0 Å². The van der Waals surface area contributed by atoms with E-state index >= 15 is 0 Å². The maximum absolute atomic E-state index is 12.7. The third-order valence-corrected chi connectivity index (χ3v) is 7.02. The van der Waals surface area contributed by atoms with Crippen LogP contribution in [0, 0.1) is 0 Å². The molecule has 1 aliphatic rings. The summed E-state index contributed by atoms with van der Waals surface area (Å²) in [4.78, 5) is 25.7. The lowest BCUT2D eigenvalue weighted by Crippen LogP contribution is -2.24. The predicted molar refractivity (Wildman–Crippen MR) is 131 cm³/mol. The van der Waals surface area contributed by atoms with Crippen molar-refractivity contribution >= 4 is 23.3 Å². The number of rotatable bonds is 19. The van der Waals surface area contributed by atoms with Gasteiger partial charge in [-0.3, -0.25) is 9.59 Å². The first kappa shape index (κ1) is 27.8. The van der Waals surface area contributed by atoms with Gasteiger partial charge in [-0.15, -0.1) is 11.8 Å². The number of methoxy groups -OCH3 is 1. The summed E-state index contributed by atoms with van der Waals surface area (Å²) in [5.74, 6) is 0.486. The third-order valence-electron chi connectivity index (χ3n) is 5.74. The van der Waals surface area contributed by atoms with Gasteiger partial charge in [-0.2, -0.15) is 0 Å². The van der Waals surface area contributed by atoms with Crippen LogP contribution in [-0.2, 0) is 19.1 Å². The fourth-order valence-corrected chi connectivity index (χ4v) is 4.94. The first-order valence-electron chi connectivity index (χ1n) is 12.4. The zero-order valence-corrected chi connectivity index (χ0v) is 21.2. The Morgan fingerprint density at radius 3 is 1.61 bits per heavy atom. The van der Waals surface area contributed by atoms with Crippen LogP contribution in [0.15, 0.2) is 22.0 Å². The first-order chi connectivity index (χ1) is 15.1. The average Bonchev–Trinajstić information content (AvgIpc) is 2.77. The van der Waals surface area contributed by atoms with E-state index in [9.17, 15) is 9.59 Å². The van der Waals surface area contributed by atoms with E-state index in [0.717, 1.165) is 12.2 Å². The number of carbonyl (C=O) groups excluding carboxylic acids is 2. The molecule has 0 heterocycles. The summed E-state index contributed by atoms with van der Waals surface area (Å²) in [6.07, 6.45) is 18.6. The number of Topliss-reactive ketones (excluding diaryl/α,β-unsaturated/α-hetero) is 2. The Balaban J connectivity index is 2.13. The maximum Gasteiger partial charge on any atom is 0.238 e. The van der Waals surface area contributed by atoms with Crippen molar-refractivity contribution in [3.63, 3.8) is 0 Å². The molecule has 0 aromatic carbocycles. The van der Waals surface area contributed by atoms with Crippen LogP contribution in [0.2, 0.25) is 0 Å². The molecule has 0 aromatic rings. The van der Waals surface area contributed by atoms with Crippen molar-refractivity contribution in [1.82, 2.24) is 0 Å². The van der Waals surface area contributed by atoms with Crippen molar-refractivity contribution in [1.29, 1.82) is 0 Å². The lowest BCUT2D eigenvalue weighted by atomic mass is 10.0. The van der Waals surface area contributed by atoms with Crippen molar-refractivity contribution in [2.45, 2.75) is 111 Å². The van der Waals surface area contributed by atoms with Crippen molar-refractivity contribution in [3.8, 4) is 0 Å². The summed E-state index contributed by atoms with van der Waals surface area (Å²) in [5.41, 5.74) is 0.476. The summed E-state index contributed by atoms with van der Waals surface area (Å²) < 4.78 is 10.5. The summed E-state index contributed by atoms with van der Waals surface area (Å²) in [6, 6.07) is 0. The quantitative estimate of drug-likeness (QED) is 0.150.